The highest BCUT2D eigenvalue weighted by Crippen LogP contribution is 2.20. The van der Waals surface area contributed by atoms with Gasteiger partial charge in [-0.1, -0.05) is 31.1 Å². The number of methoxy groups -OCH3 is 1. The van der Waals surface area contributed by atoms with E-state index in [4.69, 9.17) is 9.57 Å². The number of hydrogen-bond acceptors (Lipinski definition) is 7. The van der Waals surface area contributed by atoms with Crippen LogP contribution in [0.2, 0.25) is 0 Å². The molecule has 2 rings (SSSR count). The number of hydrogen-bond donors (Lipinski definition) is 2. The maximum Gasteiger partial charge on any atom is 0.331 e. The summed E-state index contributed by atoms with van der Waals surface area (Å²) in [6.07, 6.45) is 0.146. The zero-order valence-electron chi connectivity index (χ0n) is 21.4. The SMILES string of the molecule is COc1cccc(C(O)Cn2cc(/C(C)=N/OC(C)C)c(=O)n(C[C@H](C)NC(=O)C(C)C)c2=O)c1. The first-order valence-electron chi connectivity index (χ1n) is 11.6. The Morgan fingerprint density at radius 1 is 1.14 bits per heavy atom. The van der Waals surface area contributed by atoms with Crippen molar-refractivity contribution < 1.29 is 19.5 Å². The van der Waals surface area contributed by atoms with Gasteiger partial charge >= 0.3 is 5.69 Å². The summed E-state index contributed by atoms with van der Waals surface area (Å²) < 4.78 is 7.53. The first-order chi connectivity index (χ1) is 16.4. The molecule has 1 unspecified atom stereocenters. The molecule has 2 N–H and O–H groups in total. The van der Waals surface area contributed by atoms with Crippen molar-refractivity contribution in [2.24, 2.45) is 11.1 Å². The number of aromatic nitrogens is 2. The molecule has 0 saturated carbocycles. The molecule has 1 aromatic carbocycles. The van der Waals surface area contributed by atoms with Gasteiger partial charge in [-0.15, -0.1) is 0 Å². The summed E-state index contributed by atoms with van der Waals surface area (Å²) in [5.74, 6) is 0.152. The second kappa shape index (κ2) is 12.3. The van der Waals surface area contributed by atoms with Crippen LogP contribution in [-0.4, -0.2) is 45.1 Å². The number of benzene rings is 1. The van der Waals surface area contributed by atoms with Gasteiger partial charge in [0.1, 0.15) is 11.9 Å². The molecule has 0 radical (unpaired) electrons. The quantitative estimate of drug-likeness (QED) is 0.369. The number of carbonyl (C=O) groups excluding carboxylic acids is 1. The minimum absolute atomic E-state index is 0.0441. The Labute approximate surface area is 205 Å². The Morgan fingerprint density at radius 2 is 1.83 bits per heavy atom. The molecule has 10 nitrogen and oxygen atoms in total. The fourth-order valence-corrected chi connectivity index (χ4v) is 3.30. The zero-order valence-corrected chi connectivity index (χ0v) is 21.4. The monoisotopic (exact) mass is 488 g/mol. The number of amides is 1. The van der Waals surface area contributed by atoms with Crippen molar-refractivity contribution in [3.8, 4) is 5.75 Å². The van der Waals surface area contributed by atoms with Crippen LogP contribution in [0.15, 0.2) is 45.2 Å². The summed E-state index contributed by atoms with van der Waals surface area (Å²) in [5.41, 5.74) is -0.154. The molecule has 0 aliphatic heterocycles. The Balaban J connectivity index is 2.52. The lowest BCUT2D eigenvalue weighted by Gasteiger charge is -2.20. The summed E-state index contributed by atoms with van der Waals surface area (Å²) in [4.78, 5) is 43.9. The number of ether oxygens (including phenoxy) is 1. The summed E-state index contributed by atoms with van der Waals surface area (Å²) >= 11 is 0. The molecule has 192 valence electrons. The van der Waals surface area contributed by atoms with Gasteiger partial charge in [-0.3, -0.25) is 18.7 Å². The number of aliphatic hydroxyl groups excluding tert-OH is 1. The van der Waals surface area contributed by atoms with E-state index in [2.05, 4.69) is 10.5 Å². The van der Waals surface area contributed by atoms with E-state index in [1.54, 1.807) is 65.8 Å². The van der Waals surface area contributed by atoms with Crippen molar-refractivity contribution in [2.75, 3.05) is 7.11 Å². The van der Waals surface area contributed by atoms with E-state index >= 15 is 0 Å². The molecule has 35 heavy (non-hydrogen) atoms. The van der Waals surface area contributed by atoms with Crippen LogP contribution >= 0.6 is 0 Å². The molecule has 2 atom stereocenters. The van der Waals surface area contributed by atoms with E-state index in [-0.39, 0.29) is 36.6 Å². The van der Waals surface area contributed by atoms with E-state index in [0.29, 0.717) is 17.0 Å². The fraction of sp³-hybridized carbons (Fsp3) is 0.520. The molecule has 0 fully saturated rings. The van der Waals surface area contributed by atoms with Gasteiger partial charge in [-0.25, -0.2) is 4.79 Å². The minimum atomic E-state index is -1.04. The van der Waals surface area contributed by atoms with Gasteiger partial charge in [0.15, 0.2) is 0 Å². The van der Waals surface area contributed by atoms with Crippen LogP contribution in [0.3, 0.4) is 0 Å². The molecule has 1 heterocycles. The maximum absolute atomic E-state index is 13.3. The van der Waals surface area contributed by atoms with Crippen molar-refractivity contribution >= 4 is 11.6 Å². The summed E-state index contributed by atoms with van der Waals surface area (Å²) in [6, 6.07) is 6.42. The van der Waals surface area contributed by atoms with Gasteiger partial charge in [-0.05, 0) is 45.4 Å². The maximum atomic E-state index is 13.3. The molecule has 1 aromatic heterocycles. The topological polar surface area (TPSA) is 124 Å². The van der Waals surface area contributed by atoms with Gasteiger partial charge in [0, 0.05) is 18.2 Å². The number of nitrogens with one attached hydrogen (secondary N) is 1. The Morgan fingerprint density at radius 3 is 2.43 bits per heavy atom. The first-order valence-corrected chi connectivity index (χ1v) is 11.6. The third kappa shape index (κ3) is 7.54. The number of carbonyl (C=O) groups is 1. The van der Waals surface area contributed by atoms with Crippen LogP contribution in [0.4, 0.5) is 0 Å². The highest BCUT2D eigenvalue weighted by molar-refractivity contribution is 5.97. The molecular weight excluding hydrogens is 452 g/mol. The zero-order chi connectivity index (χ0) is 26.3. The Kier molecular flexibility index (Phi) is 9.82. The third-order valence-corrected chi connectivity index (χ3v) is 5.25. The lowest BCUT2D eigenvalue weighted by Crippen LogP contribution is -2.48. The molecule has 10 heteroatoms. The second-order valence-corrected chi connectivity index (χ2v) is 9.08. The smallest absolute Gasteiger partial charge is 0.331 e. The lowest BCUT2D eigenvalue weighted by molar-refractivity contribution is -0.124. The van der Waals surface area contributed by atoms with E-state index < -0.39 is 23.4 Å². The van der Waals surface area contributed by atoms with E-state index in [1.807, 2.05) is 0 Å². The largest absolute Gasteiger partial charge is 0.497 e. The number of aliphatic hydroxyl groups is 1. The highest BCUT2D eigenvalue weighted by Gasteiger charge is 2.20. The van der Waals surface area contributed by atoms with Crippen molar-refractivity contribution in [1.82, 2.24) is 14.5 Å². The third-order valence-electron chi connectivity index (χ3n) is 5.25. The lowest BCUT2D eigenvalue weighted by atomic mass is 10.1. The van der Waals surface area contributed by atoms with Crippen molar-refractivity contribution in [1.29, 1.82) is 0 Å². The normalized spacial score (nSPS) is 13.6. The number of nitrogens with zero attached hydrogens (tertiary/aromatic N) is 3. The molecule has 0 spiro atoms. The average Bonchev–Trinajstić information content (AvgIpc) is 2.81. The highest BCUT2D eigenvalue weighted by atomic mass is 16.6. The standard InChI is InChI=1S/C25H36N4O6/c1-15(2)23(31)26-17(5)12-29-24(32)21(18(6)27-35-16(3)4)13-28(25(29)33)14-22(30)19-9-8-10-20(11-19)34-7/h8-11,13,15-17,22,30H,12,14H2,1-7H3,(H,26,31)/b27-18+/t17-,22?/m0/s1. The van der Waals surface area contributed by atoms with Crippen LogP contribution in [-0.2, 0) is 22.7 Å². The van der Waals surface area contributed by atoms with Crippen molar-refractivity contribution in [3.05, 3.63) is 62.4 Å². The molecule has 1 amide bonds. The second-order valence-electron chi connectivity index (χ2n) is 9.08. The van der Waals surface area contributed by atoms with Crippen LogP contribution in [0.25, 0.3) is 0 Å². The van der Waals surface area contributed by atoms with Crippen LogP contribution < -0.4 is 21.3 Å². The van der Waals surface area contributed by atoms with Gasteiger partial charge < -0.3 is 20.0 Å². The molecule has 0 aliphatic rings. The molecular formula is C25H36N4O6. The number of oxime groups is 1. The predicted octanol–water partition coefficient (Wildman–Crippen LogP) is 2.06. The van der Waals surface area contributed by atoms with Crippen molar-refractivity contribution in [3.63, 3.8) is 0 Å². The predicted molar refractivity (Wildman–Crippen MR) is 134 cm³/mol. The van der Waals surface area contributed by atoms with E-state index in [1.165, 1.54) is 17.9 Å². The molecule has 0 aliphatic carbocycles. The average molecular weight is 489 g/mol. The number of rotatable bonds is 11. The van der Waals surface area contributed by atoms with Gasteiger partial charge in [0.2, 0.25) is 5.91 Å². The van der Waals surface area contributed by atoms with Crippen LogP contribution in [0, 0.1) is 5.92 Å². The minimum Gasteiger partial charge on any atom is -0.497 e. The van der Waals surface area contributed by atoms with E-state index in [9.17, 15) is 19.5 Å². The summed E-state index contributed by atoms with van der Waals surface area (Å²) in [6.45, 7) is 10.3. The Bertz CT molecular complexity index is 1170. The van der Waals surface area contributed by atoms with Crippen LogP contribution in [0.1, 0.15) is 58.8 Å². The molecule has 2 aromatic rings. The summed E-state index contributed by atoms with van der Waals surface area (Å²) in [5, 5.41) is 17.7. The molecule has 0 saturated heterocycles. The van der Waals surface area contributed by atoms with Gasteiger partial charge in [0.05, 0.1) is 37.6 Å². The van der Waals surface area contributed by atoms with E-state index in [0.717, 1.165) is 4.57 Å². The van der Waals surface area contributed by atoms with Gasteiger partial charge in [-0.2, -0.15) is 0 Å². The Hall–Kier alpha value is -3.40. The molecule has 0 bridgehead atoms. The summed E-state index contributed by atoms with van der Waals surface area (Å²) in [7, 11) is 1.53. The van der Waals surface area contributed by atoms with Crippen molar-refractivity contribution in [2.45, 2.75) is 72.9 Å². The fourth-order valence-electron chi connectivity index (χ4n) is 3.30. The first kappa shape index (κ1) is 27.8. The van der Waals surface area contributed by atoms with Gasteiger partial charge in [0.25, 0.3) is 5.56 Å². The van der Waals surface area contributed by atoms with Crippen LogP contribution in [0.5, 0.6) is 5.75 Å².